The van der Waals surface area contributed by atoms with Crippen LogP contribution in [-0.4, -0.2) is 45.4 Å². The van der Waals surface area contributed by atoms with Gasteiger partial charge >= 0.3 is 0 Å². The van der Waals surface area contributed by atoms with Crippen molar-refractivity contribution in [1.82, 2.24) is 4.90 Å². The Morgan fingerprint density at radius 2 is 1.80 bits per heavy atom. The van der Waals surface area contributed by atoms with Gasteiger partial charge in [0.1, 0.15) is 0 Å². The number of rotatable bonds is 4. The van der Waals surface area contributed by atoms with E-state index in [1.807, 2.05) is 23.5 Å². The zero-order chi connectivity index (χ0) is 6.97. The molecule has 10 heavy (non-hydrogen) atoms. The van der Waals surface area contributed by atoms with Gasteiger partial charge in [-0.3, -0.25) is 4.90 Å². The van der Waals surface area contributed by atoms with Gasteiger partial charge in [0.05, 0.1) is 17.4 Å². The Hall–Kier alpha value is 0.620. The average Bonchev–Trinajstić information content (AvgIpc) is 2.77. The summed E-state index contributed by atoms with van der Waals surface area (Å²) in [5, 5.41) is 10.2. The number of hydrogen-bond acceptors (Lipinski definition) is 4. The molecule has 2 nitrogen and oxygen atoms in total. The van der Waals surface area contributed by atoms with Gasteiger partial charge in [0.25, 0.3) is 0 Å². The fourth-order valence-electron chi connectivity index (χ4n) is 1.06. The van der Waals surface area contributed by atoms with E-state index < -0.39 is 0 Å². The fourth-order valence-corrected chi connectivity index (χ4v) is 2.58. The molecule has 0 aromatic heterocycles. The van der Waals surface area contributed by atoms with Crippen molar-refractivity contribution in [3.05, 3.63) is 0 Å². The second-order valence-corrected chi connectivity index (χ2v) is 4.96. The molecule has 2 rings (SSSR count). The summed E-state index contributed by atoms with van der Waals surface area (Å²) in [4.78, 5) is 2.41. The normalized spacial score (nSPS) is 36.6. The van der Waals surface area contributed by atoms with E-state index in [0.29, 0.717) is 6.61 Å². The van der Waals surface area contributed by atoms with Crippen LogP contribution >= 0.6 is 23.5 Å². The van der Waals surface area contributed by atoms with Crippen LogP contribution < -0.4 is 0 Å². The molecule has 2 saturated heterocycles. The molecule has 0 amide bonds. The van der Waals surface area contributed by atoms with Crippen molar-refractivity contribution in [2.45, 2.75) is 10.7 Å². The Kier molecular flexibility index (Phi) is 2.13. The lowest BCUT2D eigenvalue weighted by atomic mass is 10.5. The van der Waals surface area contributed by atoms with Crippen molar-refractivity contribution in [3.8, 4) is 0 Å². The first-order valence-corrected chi connectivity index (χ1v) is 5.61. The van der Waals surface area contributed by atoms with E-state index in [1.54, 1.807) is 0 Å². The van der Waals surface area contributed by atoms with E-state index >= 15 is 0 Å². The minimum atomic E-state index is 0.314. The summed E-state index contributed by atoms with van der Waals surface area (Å²) in [6.45, 7) is 1.18. The van der Waals surface area contributed by atoms with Crippen LogP contribution in [0.25, 0.3) is 0 Å². The van der Waals surface area contributed by atoms with Gasteiger partial charge in [0.2, 0.25) is 0 Å². The summed E-state index contributed by atoms with van der Waals surface area (Å²) >= 11 is 3.97. The number of nitrogens with zero attached hydrogens (tertiary/aromatic N) is 1. The molecule has 0 aromatic carbocycles. The molecule has 2 fully saturated rings. The van der Waals surface area contributed by atoms with Crippen molar-refractivity contribution < 1.29 is 5.11 Å². The predicted molar refractivity (Wildman–Crippen MR) is 46.3 cm³/mol. The standard InChI is InChI=1S/C6H11NOS2/c8-2-1-7(5-3-9-5)6-4-10-6/h5-6,8H,1-4H2. The quantitative estimate of drug-likeness (QED) is 0.629. The van der Waals surface area contributed by atoms with Gasteiger partial charge in [-0.15, -0.1) is 23.5 Å². The Bertz CT molecular complexity index is 113. The van der Waals surface area contributed by atoms with Crippen LogP contribution in [0.4, 0.5) is 0 Å². The Morgan fingerprint density at radius 3 is 2.10 bits per heavy atom. The summed E-state index contributed by atoms with van der Waals surface area (Å²) in [7, 11) is 0. The van der Waals surface area contributed by atoms with Gasteiger partial charge in [-0.25, -0.2) is 0 Å². The minimum Gasteiger partial charge on any atom is -0.395 e. The van der Waals surface area contributed by atoms with Crippen molar-refractivity contribution >= 4 is 23.5 Å². The molecule has 2 unspecified atom stereocenters. The Balaban J connectivity index is 1.80. The topological polar surface area (TPSA) is 23.5 Å². The van der Waals surface area contributed by atoms with Crippen molar-refractivity contribution in [2.75, 3.05) is 24.7 Å². The van der Waals surface area contributed by atoms with Crippen LogP contribution in [-0.2, 0) is 0 Å². The molecule has 0 saturated carbocycles. The second-order valence-electron chi connectivity index (χ2n) is 2.54. The largest absolute Gasteiger partial charge is 0.395 e. The summed E-state index contributed by atoms with van der Waals surface area (Å²) in [5.41, 5.74) is 0. The smallest absolute Gasteiger partial charge is 0.0660 e. The molecular formula is C6H11NOS2. The number of aliphatic hydroxyl groups excluding tert-OH is 1. The van der Waals surface area contributed by atoms with Gasteiger partial charge in [-0.1, -0.05) is 0 Å². The molecule has 1 N–H and O–H groups in total. The maximum atomic E-state index is 8.73. The molecule has 0 aliphatic carbocycles. The molecule has 0 aromatic rings. The van der Waals surface area contributed by atoms with Crippen molar-refractivity contribution in [1.29, 1.82) is 0 Å². The highest BCUT2D eigenvalue weighted by atomic mass is 32.2. The molecule has 2 atom stereocenters. The third kappa shape index (κ3) is 1.61. The Labute approximate surface area is 69.4 Å². The maximum Gasteiger partial charge on any atom is 0.0660 e. The molecule has 2 heterocycles. The van der Waals surface area contributed by atoms with Crippen LogP contribution in [0.1, 0.15) is 0 Å². The fraction of sp³-hybridized carbons (Fsp3) is 1.00. The zero-order valence-electron chi connectivity index (χ0n) is 5.69. The van der Waals surface area contributed by atoms with Crippen LogP contribution in [0.3, 0.4) is 0 Å². The molecule has 0 spiro atoms. The highest BCUT2D eigenvalue weighted by Gasteiger charge is 2.39. The number of thioether (sulfide) groups is 2. The lowest BCUT2D eigenvalue weighted by molar-refractivity contribution is 0.204. The van der Waals surface area contributed by atoms with E-state index in [1.165, 1.54) is 11.5 Å². The highest BCUT2D eigenvalue weighted by Crippen LogP contribution is 2.43. The first-order chi connectivity index (χ1) is 4.92. The zero-order valence-corrected chi connectivity index (χ0v) is 7.33. The van der Waals surface area contributed by atoms with E-state index in [9.17, 15) is 0 Å². The van der Waals surface area contributed by atoms with Gasteiger partial charge in [-0.05, 0) is 0 Å². The van der Waals surface area contributed by atoms with E-state index in [0.717, 1.165) is 17.3 Å². The van der Waals surface area contributed by atoms with E-state index in [2.05, 4.69) is 4.90 Å². The molecule has 4 heteroatoms. The summed E-state index contributed by atoms with van der Waals surface area (Å²) in [6.07, 6.45) is 0. The monoisotopic (exact) mass is 177 g/mol. The van der Waals surface area contributed by atoms with Gasteiger partial charge in [0, 0.05) is 18.1 Å². The van der Waals surface area contributed by atoms with Crippen molar-refractivity contribution in [3.63, 3.8) is 0 Å². The molecule has 2 aliphatic rings. The van der Waals surface area contributed by atoms with Gasteiger partial charge in [0.15, 0.2) is 0 Å². The Morgan fingerprint density at radius 1 is 1.30 bits per heavy atom. The number of aliphatic hydroxyl groups is 1. The molecule has 2 aliphatic heterocycles. The minimum absolute atomic E-state index is 0.314. The third-order valence-corrected chi connectivity index (χ3v) is 3.53. The first-order valence-electron chi connectivity index (χ1n) is 3.51. The first kappa shape index (κ1) is 7.28. The molecular weight excluding hydrogens is 166 g/mol. The van der Waals surface area contributed by atoms with Crippen molar-refractivity contribution in [2.24, 2.45) is 0 Å². The summed E-state index contributed by atoms with van der Waals surface area (Å²) < 4.78 is 0. The second kappa shape index (κ2) is 2.93. The van der Waals surface area contributed by atoms with Crippen LogP contribution in [0.15, 0.2) is 0 Å². The molecule has 58 valence electrons. The van der Waals surface area contributed by atoms with Crippen LogP contribution in [0.5, 0.6) is 0 Å². The van der Waals surface area contributed by atoms with E-state index in [-0.39, 0.29) is 0 Å². The van der Waals surface area contributed by atoms with Gasteiger partial charge < -0.3 is 5.11 Å². The van der Waals surface area contributed by atoms with Gasteiger partial charge in [-0.2, -0.15) is 0 Å². The summed E-state index contributed by atoms with van der Waals surface area (Å²) in [5.74, 6) is 2.55. The highest BCUT2D eigenvalue weighted by molar-refractivity contribution is 8.07. The van der Waals surface area contributed by atoms with E-state index in [4.69, 9.17) is 5.11 Å². The average molecular weight is 177 g/mol. The lowest BCUT2D eigenvalue weighted by Crippen LogP contribution is -2.31. The lowest BCUT2D eigenvalue weighted by Gasteiger charge is -2.17. The van der Waals surface area contributed by atoms with Crippen LogP contribution in [0, 0.1) is 0 Å². The third-order valence-electron chi connectivity index (χ3n) is 1.73. The summed E-state index contributed by atoms with van der Waals surface area (Å²) in [6, 6.07) is 0. The SMILES string of the molecule is OCCN(C1CS1)C1CS1. The maximum absolute atomic E-state index is 8.73. The van der Waals surface area contributed by atoms with Crippen LogP contribution in [0.2, 0.25) is 0 Å². The predicted octanol–water partition coefficient (Wildman–Crippen LogP) is 0.426. The molecule has 0 bridgehead atoms. The number of hydrogen-bond donors (Lipinski definition) is 1. The molecule has 0 radical (unpaired) electrons.